The van der Waals surface area contributed by atoms with Gasteiger partial charge >= 0.3 is 6.18 Å². The van der Waals surface area contributed by atoms with E-state index in [9.17, 15) is 13.2 Å². The van der Waals surface area contributed by atoms with Gasteiger partial charge in [-0.2, -0.15) is 13.2 Å². The number of halogens is 4. The zero-order chi connectivity index (χ0) is 16.8. The fourth-order valence-corrected chi connectivity index (χ4v) is 2.77. The summed E-state index contributed by atoms with van der Waals surface area (Å²) in [5, 5.41) is -0.0218. The van der Waals surface area contributed by atoms with Crippen LogP contribution in [-0.2, 0) is 13.1 Å². The van der Waals surface area contributed by atoms with Crippen molar-refractivity contribution in [1.82, 2.24) is 24.4 Å². The van der Waals surface area contributed by atoms with Gasteiger partial charge in [0.25, 0.3) is 0 Å². The molecule has 0 aromatic carbocycles. The molecule has 0 aliphatic heterocycles. The van der Waals surface area contributed by atoms with E-state index in [0.29, 0.717) is 23.1 Å². The first kappa shape index (κ1) is 15.9. The van der Waals surface area contributed by atoms with E-state index in [2.05, 4.69) is 15.0 Å². The average molecular weight is 344 g/mol. The Labute approximate surface area is 134 Å². The van der Waals surface area contributed by atoms with Crippen molar-refractivity contribution in [3.63, 3.8) is 0 Å². The average Bonchev–Trinajstić information content (AvgIpc) is 2.72. The lowest BCUT2D eigenvalue weighted by atomic mass is 10.3. The van der Waals surface area contributed by atoms with Gasteiger partial charge in [-0.15, -0.1) is 0 Å². The van der Waals surface area contributed by atoms with E-state index in [0.717, 1.165) is 10.3 Å². The summed E-state index contributed by atoms with van der Waals surface area (Å²) in [5.41, 5.74) is 1.94. The molecule has 0 spiro atoms. The van der Waals surface area contributed by atoms with Crippen molar-refractivity contribution in [2.75, 3.05) is 14.1 Å². The number of fused-ring (bicyclic) bond motifs is 3. The maximum atomic E-state index is 12.9. The molecule has 3 rings (SSSR count). The van der Waals surface area contributed by atoms with Gasteiger partial charge in [-0.1, -0.05) is 11.6 Å². The summed E-state index contributed by atoms with van der Waals surface area (Å²) in [6.45, 7) is -0.602. The van der Waals surface area contributed by atoms with Gasteiger partial charge in [-0.25, -0.2) is 15.0 Å². The Balaban J connectivity index is 2.30. The van der Waals surface area contributed by atoms with E-state index in [-0.39, 0.29) is 10.7 Å². The molecular formula is C14H13ClF3N5. The topological polar surface area (TPSA) is 46.8 Å². The predicted octanol–water partition coefficient (Wildman–Crippen LogP) is 3.26. The summed E-state index contributed by atoms with van der Waals surface area (Å²) in [7, 11) is 3.77. The summed E-state index contributed by atoms with van der Waals surface area (Å²) >= 11 is 6.01. The molecule has 3 aromatic heterocycles. The van der Waals surface area contributed by atoms with Gasteiger partial charge in [0, 0.05) is 6.54 Å². The van der Waals surface area contributed by atoms with E-state index >= 15 is 0 Å². The molecule has 0 radical (unpaired) electrons. The minimum absolute atomic E-state index is 0.0218. The van der Waals surface area contributed by atoms with E-state index in [1.807, 2.05) is 19.0 Å². The second-order valence-corrected chi connectivity index (χ2v) is 5.83. The van der Waals surface area contributed by atoms with Gasteiger partial charge in [0.05, 0.1) is 11.2 Å². The van der Waals surface area contributed by atoms with Crippen LogP contribution in [0.25, 0.3) is 22.1 Å². The Morgan fingerprint density at radius 3 is 2.57 bits per heavy atom. The van der Waals surface area contributed by atoms with Crippen molar-refractivity contribution in [2.24, 2.45) is 0 Å². The smallest absolute Gasteiger partial charge is 0.326 e. The Bertz CT molecular complexity index is 872. The van der Waals surface area contributed by atoms with Crippen LogP contribution < -0.4 is 0 Å². The summed E-state index contributed by atoms with van der Waals surface area (Å²) in [6, 6.07) is 3.32. The van der Waals surface area contributed by atoms with Crippen molar-refractivity contribution < 1.29 is 13.2 Å². The third-order valence-electron chi connectivity index (χ3n) is 3.31. The monoisotopic (exact) mass is 343 g/mol. The fraction of sp³-hybridized carbons (Fsp3) is 0.357. The van der Waals surface area contributed by atoms with Gasteiger partial charge < -0.3 is 9.47 Å². The number of nitrogens with zero attached hydrogens (tertiary/aromatic N) is 5. The van der Waals surface area contributed by atoms with Crippen LogP contribution in [0, 0.1) is 0 Å². The lowest BCUT2D eigenvalue weighted by molar-refractivity contribution is -0.139. The molecule has 23 heavy (non-hydrogen) atoms. The number of hydrogen-bond acceptors (Lipinski definition) is 4. The first-order valence-electron chi connectivity index (χ1n) is 6.76. The molecule has 5 nitrogen and oxygen atoms in total. The van der Waals surface area contributed by atoms with Crippen LogP contribution in [0.4, 0.5) is 13.2 Å². The van der Waals surface area contributed by atoms with Crippen molar-refractivity contribution >= 4 is 33.7 Å². The first-order chi connectivity index (χ1) is 10.8. The third-order valence-corrected chi connectivity index (χ3v) is 3.59. The van der Waals surface area contributed by atoms with Crippen LogP contribution in [0.5, 0.6) is 0 Å². The van der Waals surface area contributed by atoms with Crippen molar-refractivity contribution in [3.8, 4) is 0 Å². The molecule has 3 heterocycles. The Morgan fingerprint density at radius 2 is 1.91 bits per heavy atom. The molecular weight excluding hydrogens is 331 g/mol. The standard InChI is InChI=1S/C14H13ClF3N5/c1-22(2)5-8-3-4-9-10(21-8)11-12(13(15)20-7-19-11)23(9)6-14(16,17)18/h3-4,7H,5-6H2,1-2H3. The SMILES string of the molecule is CN(C)Cc1ccc2c(n1)c1ncnc(Cl)c1n2CC(F)(F)F. The van der Waals surface area contributed by atoms with Gasteiger partial charge in [-0.3, -0.25) is 0 Å². The maximum absolute atomic E-state index is 12.9. The number of aromatic nitrogens is 4. The molecule has 0 atom stereocenters. The zero-order valence-electron chi connectivity index (χ0n) is 12.4. The second kappa shape index (κ2) is 5.61. The van der Waals surface area contributed by atoms with E-state index < -0.39 is 12.7 Å². The quantitative estimate of drug-likeness (QED) is 0.685. The second-order valence-electron chi connectivity index (χ2n) is 5.47. The van der Waals surface area contributed by atoms with Crippen molar-refractivity contribution in [3.05, 3.63) is 29.3 Å². The lowest BCUT2D eigenvalue weighted by Crippen LogP contribution is -2.17. The number of pyridine rings is 1. The van der Waals surface area contributed by atoms with Gasteiger partial charge in [0.1, 0.15) is 29.4 Å². The minimum Gasteiger partial charge on any atom is -0.326 e. The Morgan fingerprint density at radius 1 is 1.17 bits per heavy atom. The van der Waals surface area contributed by atoms with Crippen LogP contribution in [0.2, 0.25) is 5.15 Å². The lowest BCUT2D eigenvalue weighted by Gasteiger charge is -2.11. The third kappa shape index (κ3) is 3.09. The maximum Gasteiger partial charge on any atom is 0.406 e. The van der Waals surface area contributed by atoms with E-state index in [1.54, 1.807) is 12.1 Å². The van der Waals surface area contributed by atoms with Crippen LogP contribution in [0.3, 0.4) is 0 Å². The molecule has 0 N–H and O–H groups in total. The molecule has 0 fully saturated rings. The highest BCUT2D eigenvalue weighted by Crippen LogP contribution is 2.32. The molecule has 0 aliphatic carbocycles. The summed E-state index contributed by atoms with van der Waals surface area (Å²) in [5.74, 6) is 0. The Kier molecular flexibility index (Phi) is 3.89. The minimum atomic E-state index is -4.39. The molecule has 0 unspecified atom stereocenters. The van der Waals surface area contributed by atoms with Crippen molar-refractivity contribution in [1.29, 1.82) is 0 Å². The van der Waals surface area contributed by atoms with Crippen LogP contribution in [-0.4, -0.2) is 44.7 Å². The Hall–Kier alpha value is -1.93. The highest BCUT2D eigenvalue weighted by Gasteiger charge is 2.31. The van der Waals surface area contributed by atoms with Crippen molar-refractivity contribution in [2.45, 2.75) is 19.3 Å². The molecule has 3 aromatic rings. The fourth-order valence-electron chi connectivity index (χ4n) is 2.53. The van der Waals surface area contributed by atoms with Crippen LogP contribution in [0.1, 0.15) is 5.69 Å². The molecule has 0 amide bonds. The zero-order valence-corrected chi connectivity index (χ0v) is 13.2. The number of rotatable bonds is 3. The largest absolute Gasteiger partial charge is 0.406 e. The highest BCUT2D eigenvalue weighted by molar-refractivity contribution is 6.34. The summed E-state index contributed by atoms with van der Waals surface area (Å²) in [4.78, 5) is 14.3. The molecule has 0 saturated heterocycles. The molecule has 0 saturated carbocycles. The van der Waals surface area contributed by atoms with Gasteiger partial charge in [0.2, 0.25) is 0 Å². The summed E-state index contributed by atoms with van der Waals surface area (Å²) < 4.78 is 39.8. The van der Waals surface area contributed by atoms with Crippen LogP contribution in [0.15, 0.2) is 18.5 Å². The van der Waals surface area contributed by atoms with E-state index in [4.69, 9.17) is 11.6 Å². The highest BCUT2D eigenvalue weighted by atomic mass is 35.5. The number of hydrogen-bond donors (Lipinski definition) is 0. The van der Waals surface area contributed by atoms with E-state index in [1.165, 1.54) is 6.33 Å². The predicted molar refractivity (Wildman–Crippen MR) is 81.3 cm³/mol. The molecule has 122 valence electrons. The molecule has 0 bridgehead atoms. The van der Waals surface area contributed by atoms with Gasteiger partial charge in [-0.05, 0) is 26.2 Å². The normalized spacial score (nSPS) is 12.7. The number of alkyl halides is 3. The van der Waals surface area contributed by atoms with Crippen LogP contribution >= 0.6 is 11.6 Å². The first-order valence-corrected chi connectivity index (χ1v) is 7.14. The van der Waals surface area contributed by atoms with Gasteiger partial charge in [0.15, 0.2) is 5.15 Å². The summed E-state index contributed by atoms with van der Waals surface area (Å²) in [6.07, 6.45) is -3.16. The molecule has 0 aliphatic rings. The molecule has 9 heteroatoms.